The van der Waals surface area contributed by atoms with Gasteiger partial charge >= 0.3 is 0 Å². The molecule has 0 N–H and O–H groups in total. The zero-order chi connectivity index (χ0) is 12.3. The van der Waals surface area contributed by atoms with Gasteiger partial charge in [-0.25, -0.2) is 4.98 Å². The summed E-state index contributed by atoms with van der Waals surface area (Å²) < 4.78 is 0. The molecule has 0 aromatic carbocycles. The molecule has 0 radical (unpaired) electrons. The average Bonchev–Trinajstić information content (AvgIpc) is 2.80. The smallest absolute Gasteiger partial charge is 0.274 e. The van der Waals surface area contributed by atoms with E-state index in [9.17, 15) is 4.79 Å². The Morgan fingerprint density at radius 1 is 1.53 bits per heavy atom. The molecule has 2 aromatic heterocycles. The summed E-state index contributed by atoms with van der Waals surface area (Å²) in [4.78, 5) is 21.4. The van der Waals surface area contributed by atoms with Crippen molar-refractivity contribution in [2.75, 3.05) is 7.05 Å². The maximum absolute atomic E-state index is 12.0. The van der Waals surface area contributed by atoms with E-state index < -0.39 is 0 Å². The molecule has 6 heteroatoms. The van der Waals surface area contributed by atoms with E-state index in [1.165, 1.54) is 12.4 Å². The number of halogens is 1. The van der Waals surface area contributed by atoms with E-state index in [4.69, 9.17) is 11.6 Å². The first-order valence-electron chi connectivity index (χ1n) is 4.91. The van der Waals surface area contributed by atoms with E-state index in [2.05, 4.69) is 9.97 Å². The summed E-state index contributed by atoms with van der Waals surface area (Å²) >= 11 is 7.30. The van der Waals surface area contributed by atoms with E-state index in [1.54, 1.807) is 23.3 Å². The summed E-state index contributed by atoms with van der Waals surface area (Å²) in [5, 5.41) is 4.21. The Morgan fingerprint density at radius 2 is 2.35 bits per heavy atom. The second-order valence-electron chi connectivity index (χ2n) is 3.52. The second-order valence-corrected chi connectivity index (χ2v) is 4.69. The highest BCUT2D eigenvalue weighted by molar-refractivity contribution is 7.07. The average molecular weight is 268 g/mol. The summed E-state index contributed by atoms with van der Waals surface area (Å²) in [5.41, 5.74) is 1.36. The Labute approximate surface area is 108 Å². The van der Waals surface area contributed by atoms with Gasteiger partial charge in [0.1, 0.15) is 10.8 Å². The van der Waals surface area contributed by atoms with E-state index in [1.807, 2.05) is 16.8 Å². The summed E-state index contributed by atoms with van der Waals surface area (Å²) in [7, 11) is 1.72. The number of amides is 1. The van der Waals surface area contributed by atoms with E-state index >= 15 is 0 Å². The van der Waals surface area contributed by atoms with Gasteiger partial charge in [0.2, 0.25) is 0 Å². The molecule has 0 unspecified atom stereocenters. The minimum Gasteiger partial charge on any atom is -0.336 e. The number of rotatable bonds is 3. The molecule has 0 saturated heterocycles. The fourth-order valence-corrected chi connectivity index (χ4v) is 2.18. The fourth-order valence-electron chi connectivity index (χ4n) is 1.37. The lowest BCUT2D eigenvalue weighted by Crippen LogP contribution is -2.26. The topological polar surface area (TPSA) is 46.1 Å². The van der Waals surface area contributed by atoms with Gasteiger partial charge in [-0.1, -0.05) is 11.6 Å². The van der Waals surface area contributed by atoms with Crippen molar-refractivity contribution in [1.29, 1.82) is 0 Å². The van der Waals surface area contributed by atoms with Crippen LogP contribution in [0.1, 0.15) is 16.1 Å². The minimum absolute atomic E-state index is 0.189. The van der Waals surface area contributed by atoms with Crippen LogP contribution < -0.4 is 0 Å². The Balaban J connectivity index is 2.09. The van der Waals surface area contributed by atoms with Crippen LogP contribution in [0.5, 0.6) is 0 Å². The van der Waals surface area contributed by atoms with Gasteiger partial charge in [-0.05, 0) is 22.4 Å². The molecule has 0 aliphatic carbocycles. The maximum Gasteiger partial charge on any atom is 0.274 e. The van der Waals surface area contributed by atoms with E-state index in [0.717, 1.165) is 5.56 Å². The van der Waals surface area contributed by atoms with Crippen molar-refractivity contribution in [3.05, 3.63) is 45.6 Å². The molecule has 2 heterocycles. The molecule has 0 saturated carbocycles. The van der Waals surface area contributed by atoms with Crippen molar-refractivity contribution in [3.8, 4) is 0 Å². The van der Waals surface area contributed by atoms with Crippen molar-refractivity contribution in [3.63, 3.8) is 0 Å². The van der Waals surface area contributed by atoms with E-state index in [0.29, 0.717) is 6.54 Å². The molecule has 0 aliphatic heterocycles. The first kappa shape index (κ1) is 12.0. The molecule has 0 spiro atoms. The molecule has 0 aliphatic rings. The quantitative estimate of drug-likeness (QED) is 0.858. The second kappa shape index (κ2) is 5.25. The Bertz CT molecular complexity index is 515. The van der Waals surface area contributed by atoms with Gasteiger partial charge in [0, 0.05) is 13.6 Å². The number of hydrogen-bond acceptors (Lipinski definition) is 4. The van der Waals surface area contributed by atoms with Crippen molar-refractivity contribution in [2.24, 2.45) is 0 Å². The third-order valence-corrected chi connectivity index (χ3v) is 3.08. The van der Waals surface area contributed by atoms with Crippen LogP contribution in [0.25, 0.3) is 0 Å². The van der Waals surface area contributed by atoms with Crippen LogP contribution in [0, 0.1) is 0 Å². The summed E-state index contributed by atoms with van der Waals surface area (Å²) in [6.07, 6.45) is 2.82. The molecular formula is C11H10ClN3OS. The van der Waals surface area contributed by atoms with Gasteiger partial charge in [-0.15, -0.1) is 0 Å². The van der Waals surface area contributed by atoms with Crippen molar-refractivity contribution in [1.82, 2.24) is 14.9 Å². The number of carbonyl (C=O) groups is 1. The van der Waals surface area contributed by atoms with Crippen LogP contribution in [0.15, 0.2) is 29.2 Å². The zero-order valence-electron chi connectivity index (χ0n) is 9.13. The molecule has 0 atom stereocenters. The number of nitrogens with zero attached hydrogens (tertiary/aromatic N) is 3. The van der Waals surface area contributed by atoms with Crippen LogP contribution in [0.2, 0.25) is 5.15 Å². The zero-order valence-corrected chi connectivity index (χ0v) is 10.7. The lowest BCUT2D eigenvalue weighted by Gasteiger charge is -2.15. The van der Waals surface area contributed by atoms with Crippen molar-refractivity contribution < 1.29 is 4.79 Å². The fraction of sp³-hybridized carbons (Fsp3) is 0.182. The standard InChI is InChI=1S/C11H10ClN3OS/c1-15(6-8-2-3-17-7-8)11(16)9-4-13-5-10(12)14-9/h2-5,7H,6H2,1H3. The lowest BCUT2D eigenvalue weighted by molar-refractivity contribution is 0.0779. The predicted molar refractivity (Wildman–Crippen MR) is 67.2 cm³/mol. The molecule has 0 bridgehead atoms. The molecule has 88 valence electrons. The van der Waals surface area contributed by atoms with Crippen LogP contribution in [0.3, 0.4) is 0 Å². The first-order chi connectivity index (χ1) is 8.16. The van der Waals surface area contributed by atoms with Crippen molar-refractivity contribution in [2.45, 2.75) is 6.54 Å². The number of carbonyl (C=O) groups excluding carboxylic acids is 1. The highest BCUT2D eigenvalue weighted by Gasteiger charge is 2.14. The van der Waals surface area contributed by atoms with Gasteiger partial charge in [0.15, 0.2) is 0 Å². The molecule has 0 fully saturated rings. The normalized spacial score (nSPS) is 10.2. The Morgan fingerprint density at radius 3 is 3.00 bits per heavy atom. The van der Waals surface area contributed by atoms with Crippen LogP contribution in [-0.2, 0) is 6.54 Å². The van der Waals surface area contributed by atoms with Crippen LogP contribution in [0.4, 0.5) is 0 Å². The lowest BCUT2D eigenvalue weighted by atomic mass is 10.3. The molecule has 4 nitrogen and oxygen atoms in total. The van der Waals surface area contributed by atoms with Gasteiger partial charge < -0.3 is 4.90 Å². The summed E-state index contributed by atoms with van der Waals surface area (Å²) in [6.45, 7) is 0.552. The van der Waals surface area contributed by atoms with Gasteiger partial charge in [-0.2, -0.15) is 11.3 Å². The van der Waals surface area contributed by atoms with E-state index in [-0.39, 0.29) is 16.8 Å². The highest BCUT2D eigenvalue weighted by atomic mass is 35.5. The van der Waals surface area contributed by atoms with Crippen LogP contribution in [-0.4, -0.2) is 27.8 Å². The molecule has 1 amide bonds. The van der Waals surface area contributed by atoms with Gasteiger partial charge in [-0.3, -0.25) is 9.78 Å². The Kier molecular flexibility index (Phi) is 3.71. The maximum atomic E-state index is 12.0. The molecular weight excluding hydrogens is 258 g/mol. The number of hydrogen-bond donors (Lipinski definition) is 0. The minimum atomic E-state index is -0.189. The third-order valence-electron chi connectivity index (χ3n) is 2.17. The Hall–Kier alpha value is -1.46. The number of aromatic nitrogens is 2. The first-order valence-corrected chi connectivity index (χ1v) is 6.23. The largest absolute Gasteiger partial charge is 0.336 e. The van der Waals surface area contributed by atoms with Crippen LogP contribution >= 0.6 is 22.9 Å². The monoisotopic (exact) mass is 267 g/mol. The summed E-state index contributed by atoms with van der Waals surface area (Å²) in [6, 6.07) is 1.98. The van der Waals surface area contributed by atoms with Crippen molar-refractivity contribution >= 4 is 28.8 Å². The SMILES string of the molecule is CN(Cc1ccsc1)C(=O)c1cncc(Cl)n1. The van der Waals surface area contributed by atoms with Gasteiger partial charge in [0.25, 0.3) is 5.91 Å². The van der Waals surface area contributed by atoms with Gasteiger partial charge in [0.05, 0.1) is 12.4 Å². The summed E-state index contributed by atoms with van der Waals surface area (Å²) in [5.74, 6) is -0.189. The third kappa shape index (κ3) is 3.01. The molecule has 2 aromatic rings. The highest BCUT2D eigenvalue weighted by Crippen LogP contribution is 2.11. The molecule has 2 rings (SSSR count). The number of thiophene rings is 1. The predicted octanol–water partition coefficient (Wildman–Crippen LogP) is 2.46. The molecule has 17 heavy (non-hydrogen) atoms.